The van der Waals surface area contributed by atoms with Gasteiger partial charge in [0.1, 0.15) is 0 Å². The molecule has 0 saturated carbocycles. The van der Waals surface area contributed by atoms with Crippen molar-refractivity contribution < 1.29 is 5.11 Å². The molecule has 0 amide bonds. The molecule has 0 aromatic rings. The Morgan fingerprint density at radius 1 is 1.08 bits per heavy atom. The first-order chi connectivity index (χ1) is 12.3. The fourth-order valence-electron chi connectivity index (χ4n) is 3.05. The van der Waals surface area contributed by atoms with Crippen LogP contribution in [-0.4, -0.2) is 11.7 Å². The Morgan fingerprint density at radius 2 is 1.77 bits per heavy atom. The van der Waals surface area contributed by atoms with Gasteiger partial charge in [0.15, 0.2) is 0 Å². The average Bonchev–Trinajstić information content (AvgIpc) is 2.57. The highest BCUT2D eigenvalue weighted by Crippen LogP contribution is 2.40. The third kappa shape index (κ3) is 7.89. The predicted octanol–water partition coefficient (Wildman–Crippen LogP) is 6.46. The minimum Gasteiger partial charge on any atom is -0.392 e. The topological polar surface area (TPSA) is 20.2 Å². The summed E-state index contributed by atoms with van der Waals surface area (Å²) in [7, 11) is 0. The van der Waals surface area contributed by atoms with E-state index in [0.29, 0.717) is 0 Å². The van der Waals surface area contributed by atoms with Gasteiger partial charge in [-0.15, -0.1) is 0 Å². The van der Waals surface area contributed by atoms with Gasteiger partial charge >= 0.3 is 0 Å². The normalized spacial score (nSPS) is 19.3. The molecule has 140 valence electrons. The van der Waals surface area contributed by atoms with Crippen LogP contribution >= 0.6 is 0 Å². The molecule has 0 aliphatic heterocycles. The van der Waals surface area contributed by atoms with E-state index in [9.17, 15) is 0 Å². The smallest absolute Gasteiger partial charge is 0.0648 e. The Bertz CT molecular complexity index is 722. The highest BCUT2D eigenvalue weighted by atomic mass is 16.3. The summed E-state index contributed by atoms with van der Waals surface area (Å²) in [5.74, 6) is 5.90. The van der Waals surface area contributed by atoms with Gasteiger partial charge in [-0.2, -0.15) is 0 Å². The van der Waals surface area contributed by atoms with Gasteiger partial charge in [0, 0.05) is 0 Å². The van der Waals surface area contributed by atoms with E-state index in [4.69, 9.17) is 5.11 Å². The summed E-state index contributed by atoms with van der Waals surface area (Å²) in [5.41, 5.74) is 6.53. The Labute approximate surface area is 160 Å². The SMILES string of the molecule is CC1=C(/C=C/C(C)=C/C=C/C(C)=C/C#C/C=C(\C)CO)C(C)(C)CCC1. The zero-order chi connectivity index (χ0) is 19.6. The van der Waals surface area contributed by atoms with Crippen molar-refractivity contribution in [2.75, 3.05) is 6.61 Å². The molecule has 0 spiro atoms. The van der Waals surface area contributed by atoms with Crippen LogP contribution in [0.1, 0.15) is 60.8 Å². The second-order valence-electron chi connectivity index (χ2n) is 7.86. The molecule has 0 bridgehead atoms. The molecule has 1 aliphatic rings. The molecule has 1 N–H and O–H groups in total. The maximum Gasteiger partial charge on any atom is 0.0648 e. The molecule has 1 nitrogen and oxygen atoms in total. The van der Waals surface area contributed by atoms with Crippen molar-refractivity contribution in [2.24, 2.45) is 5.41 Å². The van der Waals surface area contributed by atoms with E-state index in [1.54, 1.807) is 6.08 Å². The average molecular weight is 351 g/mol. The first-order valence-electron chi connectivity index (χ1n) is 9.44. The Morgan fingerprint density at radius 3 is 2.42 bits per heavy atom. The van der Waals surface area contributed by atoms with Crippen LogP contribution < -0.4 is 0 Å². The van der Waals surface area contributed by atoms with E-state index in [0.717, 1.165) is 11.1 Å². The van der Waals surface area contributed by atoms with Crippen molar-refractivity contribution in [1.29, 1.82) is 0 Å². The number of aliphatic hydroxyl groups is 1. The number of hydrogen-bond acceptors (Lipinski definition) is 1. The third-order valence-electron chi connectivity index (χ3n) is 4.72. The van der Waals surface area contributed by atoms with Crippen LogP contribution in [0, 0.1) is 17.3 Å². The van der Waals surface area contributed by atoms with Crippen molar-refractivity contribution >= 4 is 0 Å². The minimum absolute atomic E-state index is 0.0580. The lowest BCUT2D eigenvalue weighted by Gasteiger charge is -2.32. The van der Waals surface area contributed by atoms with Crippen LogP contribution in [0.3, 0.4) is 0 Å². The molecular weight excluding hydrogens is 316 g/mol. The quantitative estimate of drug-likeness (QED) is 0.445. The molecule has 0 heterocycles. The van der Waals surface area contributed by atoms with E-state index in [2.05, 4.69) is 69.9 Å². The summed E-state index contributed by atoms with van der Waals surface area (Å²) >= 11 is 0. The summed E-state index contributed by atoms with van der Waals surface area (Å²) in [5, 5.41) is 8.90. The van der Waals surface area contributed by atoms with Crippen molar-refractivity contribution in [1.82, 2.24) is 0 Å². The van der Waals surface area contributed by atoms with Gasteiger partial charge in [-0.3, -0.25) is 0 Å². The van der Waals surface area contributed by atoms with Gasteiger partial charge < -0.3 is 5.11 Å². The second kappa shape index (κ2) is 10.8. The van der Waals surface area contributed by atoms with Crippen molar-refractivity contribution in [3.8, 4) is 11.8 Å². The van der Waals surface area contributed by atoms with Crippen LogP contribution in [0.5, 0.6) is 0 Å². The molecule has 1 rings (SSSR count). The van der Waals surface area contributed by atoms with Gasteiger partial charge in [-0.05, 0) is 81.2 Å². The largest absolute Gasteiger partial charge is 0.392 e. The van der Waals surface area contributed by atoms with E-state index in [1.807, 2.05) is 19.9 Å². The third-order valence-corrected chi connectivity index (χ3v) is 4.72. The number of rotatable bonds is 5. The van der Waals surface area contributed by atoms with E-state index in [-0.39, 0.29) is 12.0 Å². The molecule has 0 saturated heterocycles. The zero-order valence-corrected chi connectivity index (χ0v) is 17.3. The van der Waals surface area contributed by atoms with Crippen molar-refractivity contribution in [2.45, 2.75) is 60.8 Å². The Kier molecular flexibility index (Phi) is 9.17. The lowest BCUT2D eigenvalue weighted by Crippen LogP contribution is -2.19. The molecular formula is C25H34O. The zero-order valence-electron chi connectivity index (χ0n) is 17.3. The second-order valence-corrected chi connectivity index (χ2v) is 7.86. The summed E-state index contributed by atoms with van der Waals surface area (Å²) in [4.78, 5) is 0. The monoisotopic (exact) mass is 350 g/mol. The standard InChI is InChI=1S/C25H34O/c1-20(11-7-8-12-22(3)19-26)13-9-14-21(2)16-17-24-23(4)15-10-18-25(24,5)6/h9,11-14,16-17,26H,10,15,18-19H2,1-6H3/b13-9+,17-16+,20-11+,21-14+,22-12+. The van der Waals surface area contributed by atoms with Crippen LogP contribution in [0.4, 0.5) is 0 Å². The first-order valence-corrected chi connectivity index (χ1v) is 9.44. The molecule has 26 heavy (non-hydrogen) atoms. The minimum atomic E-state index is 0.0580. The molecule has 0 aromatic heterocycles. The van der Waals surface area contributed by atoms with Gasteiger partial charge in [0.05, 0.1) is 6.61 Å². The lowest BCUT2D eigenvalue weighted by atomic mass is 9.72. The highest BCUT2D eigenvalue weighted by Gasteiger charge is 2.26. The molecule has 1 heteroatoms. The fraction of sp³-hybridized carbons (Fsp3) is 0.440. The highest BCUT2D eigenvalue weighted by molar-refractivity contribution is 5.37. The van der Waals surface area contributed by atoms with Crippen LogP contribution in [-0.2, 0) is 0 Å². The van der Waals surface area contributed by atoms with Crippen molar-refractivity contribution in [3.05, 3.63) is 70.4 Å². The molecule has 1 aliphatic carbocycles. The summed E-state index contributed by atoms with van der Waals surface area (Å²) in [6, 6.07) is 0. The van der Waals surface area contributed by atoms with Crippen molar-refractivity contribution in [3.63, 3.8) is 0 Å². The van der Waals surface area contributed by atoms with Gasteiger partial charge in [-0.25, -0.2) is 0 Å². The van der Waals surface area contributed by atoms with Crippen LogP contribution in [0.25, 0.3) is 0 Å². The Balaban J connectivity index is 2.72. The summed E-state index contributed by atoms with van der Waals surface area (Å²) in [6.45, 7) is 13.0. The van der Waals surface area contributed by atoms with E-state index in [1.165, 1.54) is 36.0 Å². The molecule has 0 radical (unpaired) electrons. The van der Waals surface area contributed by atoms with E-state index < -0.39 is 0 Å². The lowest BCUT2D eigenvalue weighted by molar-refractivity contribution is 0.331. The number of aliphatic hydroxyl groups excluding tert-OH is 1. The van der Waals surface area contributed by atoms with Gasteiger partial charge in [0.2, 0.25) is 0 Å². The van der Waals surface area contributed by atoms with Gasteiger partial charge in [-0.1, -0.05) is 67.2 Å². The maximum atomic E-state index is 8.90. The molecule has 0 aromatic carbocycles. The first kappa shape index (κ1) is 22.0. The van der Waals surface area contributed by atoms with Gasteiger partial charge in [0.25, 0.3) is 0 Å². The molecule has 0 atom stereocenters. The van der Waals surface area contributed by atoms with E-state index >= 15 is 0 Å². The van der Waals surface area contributed by atoms with Crippen LogP contribution in [0.15, 0.2) is 70.4 Å². The maximum absolute atomic E-state index is 8.90. The Hall–Kier alpha value is -2.04. The predicted molar refractivity (Wildman–Crippen MR) is 115 cm³/mol. The van der Waals surface area contributed by atoms with Crippen LogP contribution in [0.2, 0.25) is 0 Å². The molecule has 0 fully saturated rings. The summed E-state index contributed by atoms with van der Waals surface area (Å²) < 4.78 is 0. The fourth-order valence-corrected chi connectivity index (χ4v) is 3.05. The molecule has 0 unspecified atom stereocenters. The number of allylic oxidation sites excluding steroid dienone is 11. The summed E-state index contributed by atoms with van der Waals surface area (Å²) in [6.07, 6.45) is 18.2. The number of hydrogen-bond donors (Lipinski definition) is 1.